The highest BCUT2D eigenvalue weighted by molar-refractivity contribution is 5.80. The van der Waals surface area contributed by atoms with Crippen LogP contribution in [0.25, 0.3) is 0 Å². The van der Waals surface area contributed by atoms with E-state index < -0.39 is 6.10 Å². The van der Waals surface area contributed by atoms with Crippen molar-refractivity contribution >= 4 is 5.91 Å². The Balaban J connectivity index is 4.01. The highest BCUT2D eigenvalue weighted by atomic mass is 16.5. The Hall–Kier alpha value is -0.610. The third kappa shape index (κ3) is 4.24. The number of aliphatic hydroxyl groups excluding tert-OH is 1. The summed E-state index contributed by atoms with van der Waals surface area (Å²) in [5.74, 6) is 0.0354. The van der Waals surface area contributed by atoms with E-state index in [-0.39, 0.29) is 24.5 Å². The molecule has 4 heteroatoms. The van der Waals surface area contributed by atoms with Crippen molar-refractivity contribution in [1.29, 1.82) is 0 Å². The molecule has 2 N–H and O–H groups in total. The lowest BCUT2D eigenvalue weighted by molar-refractivity contribution is -0.131. The number of hydrogen-bond donors (Lipinski definition) is 2. The number of amides is 1. The fourth-order valence-corrected chi connectivity index (χ4v) is 0.830. The van der Waals surface area contributed by atoms with Crippen molar-refractivity contribution in [2.45, 2.75) is 32.9 Å². The molecule has 13 heavy (non-hydrogen) atoms. The van der Waals surface area contributed by atoms with Gasteiger partial charge >= 0.3 is 0 Å². The van der Waals surface area contributed by atoms with E-state index in [9.17, 15) is 4.79 Å². The van der Waals surface area contributed by atoms with Gasteiger partial charge in [-0.25, -0.2) is 0 Å². The predicted octanol–water partition coefficient (Wildman–Crippen LogP) is 0.154. The van der Waals surface area contributed by atoms with Crippen LogP contribution in [0.4, 0.5) is 0 Å². The number of ether oxygens (including phenoxy) is 1. The molecule has 0 spiro atoms. The van der Waals surface area contributed by atoms with Gasteiger partial charge in [-0.05, 0) is 12.8 Å². The summed E-state index contributed by atoms with van der Waals surface area (Å²) in [7, 11) is 1.48. The first-order chi connectivity index (χ1) is 6.02. The maximum absolute atomic E-state index is 11.3. The zero-order chi connectivity index (χ0) is 10.4. The average Bonchev–Trinajstić information content (AvgIpc) is 2.11. The quantitative estimate of drug-likeness (QED) is 0.647. The summed E-state index contributed by atoms with van der Waals surface area (Å²) in [5, 5.41) is 11.6. The van der Waals surface area contributed by atoms with Gasteiger partial charge in [0, 0.05) is 7.11 Å². The highest BCUT2D eigenvalue weighted by Gasteiger charge is 2.18. The van der Waals surface area contributed by atoms with Crippen LogP contribution in [0.15, 0.2) is 0 Å². The van der Waals surface area contributed by atoms with E-state index in [1.165, 1.54) is 7.11 Å². The molecule has 0 aromatic rings. The van der Waals surface area contributed by atoms with Crippen molar-refractivity contribution in [1.82, 2.24) is 5.32 Å². The fourth-order valence-electron chi connectivity index (χ4n) is 0.830. The van der Waals surface area contributed by atoms with E-state index in [4.69, 9.17) is 9.84 Å². The highest BCUT2D eigenvalue weighted by Crippen LogP contribution is 2.01. The third-order valence-electron chi connectivity index (χ3n) is 2.05. The molecule has 78 valence electrons. The van der Waals surface area contributed by atoms with Gasteiger partial charge in [0.25, 0.3) is 0 Å². The van der Waals surface area contributed by atoms with Gasteiger partial charge < -0.3 is 15.2 Å². The lowest BCUT2D eigenvalue weighted by Gasteiger charge is -2.21. The van der Waals surface area contributed by atoms with E-state index in [1.807, 2.05) is 13.8 Å². The van der Waals surface area contributed by atoms with Gasteiger partial charge in [-0.2, -0.15) is 0 Å². The summed E-state index contributed by atoms with van der Waals surface area (Å²) in [5.41, 5.74) is 0. The molecular weight excluding hydrogens is 170 g/mol. The molecule has 1 unspecified atom stereocenters. The predicted molar refractivity (Wildman–Crippen MR) is 50.3 cm³/mol. The van der Waals surface area contributed by atoms with Crippen LogP contribution in [0.2, 0.25) is 0 Å². The Bertz CT molecular complexity index is 159. The van der Waals surface area contributed by atoms with Crippen LogP contribution in [-0.4, -0.2) is 36.9 Å². The molecule has 0 saturated carbocycles. The van der Waals surface area contributed by atoms with E-state index >= 15 is 0 Å². The van der Waals surface area contributed by atoms with Crippen molar-refractivity contribution in [3.8, 4) is 0 Å². The van der Waals surface area contributed by atoms with Gasteiger partial charge in [0.2, 0.25) is 5.91 Å². The Morgan fingerprint density at radius 1 is 1.46 bits per heavy atom. The summed E-state index contributed by atoms with van der Waals surface area (Å²) >= 11 is 0. The van der Waals surface area contributed by atoms with Gasteiger partial charge in [-0.15, -0.1) is 0 Å². The topological polar surface area (TPSA) is 58.6 Å². The smallest absolute Gasteiger partial charge is 0.249 e. The standard InChI is InChI=1S/C9H19NO3/c1-6(2)8(5-11)10-9(12)7(3)13-4/h6-8,11H,5H2,1-4H3,(H,10,12)/t7?,8-/m1/s1. The fraction of sp³-hybridized carbons (Fsp3) is 0.889. The number of hydrogen-bond acceptors (Lipinski definition) is 3. The summed E-state index contributed by atoms with van der Waals surface area (Å²) in [6.45, 7) is 5.52. The van der Waals surface area contributed by atoms with Crippen molar-refractivity contribution in [2.24, 2.45) is 5.92 Å². The molecule has 0 aliphatic carbocycles. The second-order valence-corrected chi connectivity index (χ2v) is 3.42. The molecule has 0 radical (unpaired) electrons. The number of rotatable bonds is 5. The molecule has 0 aromatic heterocycles. The Labute approximate surface area is 79.3 Å². The molecule has 0 aromatic carbocycles. The molecule has 0 saturated heterocycles. The van der Waals surface area contributed by atoms with Crippen LogP contribution >= 0.6 is 0 Å². The summed E-state index contributed by atoms with van der Waals surface area (Å²) in [6.07, 6.45) is -0.465. The number of aliphatic hydroxyl groups is 1. The van der Waals surface area contributed by atoms with E-state index in [2.05, 4.69) is 5.32 Å². The molecule has 0 bridgehead atoms. The van der Waals surface area contributed by atoms with Crippen molar-refractivity contribution in [3.05, 3.63) is 0 Å². The van der Waals surface area contributed by atoms with Crippen molar-refractivity contribution in [3.63, 3.8) is 0 Å². The van der Waals surface area contributed by atoms with E-state index in [0.29, 0.717) is 0 Å². The monoisotopic (exact) mass is 189 g/mol. The molecule has 0 fully saturated rings. The molecule has 2 atom stereocenters. The van der Waals surface area contributed by atoms with E-state index in [1.54, 1.807) is 6.92 Å². The number of nitrogens with one attached hydrogen (secondary N) is 1. The largest absolute Gasteiger partial charge is 0.394 e. The second kappa shape index (κ2) is 5.94. The van der Waals surface area contributed by atoms with Crippen molar-refractivity contribution in [2.75, 3.05) is 13.7 Å². The maximum Gasteiger partial charge on any atom is 0.249 e. The SMILES string of the molecule is COC(C)C(=O)N[C@H](CO)C(C)C. The van der Waals surface area contributed by atoms with Crippen LogP contribution < -0.4 is 5.32 Å². The normalized spacial score (nSPS) is 15.5. The average molecular weight is 189 g/mol. The first-order valence-electron chi connectivity index (χ1n) is 4.47. The van der Waals surface area contributed by atoms with Crippen LogP contribution in [0, 0.1) is 5.92 Å². The Morgan fingerprint density at radius 2 is 2.00 bits per heavy atom. The molecule has 0 aliphatic heterocycles. The van der Waals surface area contributed by atoms with Crippen molar-refractivity contribution < 1.29 is 14.6 Å². The van der Waals surface area contributed by atoms with Crippen LogP contribution in [-0.2, 0) is 9.53 Å². The summed E-state index contributed by atoms with van der Waals surface area (Å²) in [4.78, 5) is 11.3. The minimum absolute atomic E-state index is 0.0418. The lowest BCUT2D eigenvalue weighted by Crippen LogP contribution is -2.45. The van der Waals surface area contributed by atoms with Crippen LogP contribution in [0.1, 0.15) is 20.8 Å². The molecule has 1 amide bonds. The molecule has 0 aliphatic rings. The zero-order valence-corrected chi connectivity index (χ0v) is 8.70. The third-order valence-corrected chi connectivity index (χ3v) is 2.05. The Kier molecular flexibility index (Phi) is 5.66. The summed E-state index contributed by atoms with van der Waals surface area (Å²) in [6, 6.07) is -0.190. The minimum atomic E-state index is -0.465. The van der Waals surface area contributed by atoms with Crippen LogP contribution in [0.3, 0.4) is 0 Å². The van der Waals surface area contributed by atoms with Gasteiger partial charge in [-0.1, -0.05) is 13.8 Å². The molecular formula is C9H19NO3. The van der Waals surface area contributed by atoms with Gasteiger partial charge in [0.1, 0.15) is 6.10 Å². The minimum Gasteiger partial charge on any atom is -0.394 e. The molecule has 0 heterocycles. The number of carbonyl (C=O) groups is 1. The second-order valence-electron chi connectivity index (χ2n) is 3.42. The van der Waals surface area contributed by atoms with E-state index in [0.717, 1.165) is 0 Å². The lowest BCUT2D eigenvalue weighted by atomic mass is 10.1. The first kappa shape index (κ1) is 12.4. The number of carbonyl (C=O) groups excluding carboxylic acids is 1. The number of methoxy groups -OCH3 is 1. The molecule has 0 rings (SSSR count). The Morgan fingerprint density at radius 3 is 2.31 bits per heavy atom. The molecule has 4 nitrogen and oxygen atoms in total. The van der Waals surface area contributed by atoms with Gasteiger partial charge in [0.15, 0.2) is 0 Å². The van der Waals surface area contributed by atoms with Crippen LogP contribution in [0.5, 0.6) is 0 Å². The maximum atomic E-state index is 11.3. The van der Waals surface area contributed by atoms with Gasteiger partial charge in [0.05, 0.1) is 12.6 Å². The van der Waals surface area contributed by atoms with Gasteiger partial charge in [-0.3, -0.25) is 4.79 Å². The summed E-state index contributed by atoms with van der Waals surface area (Å²) < 4.78 is 4.84. The first-order valence-corrected chi connectivity index (χ1v) is 4.47. The zero-order valence-electron chi connectivity index (χ0n) is 8.70.